The summed E-state index contributed by atoms with van der Waals surface area (Å²) in [6.07, 6.45) is 1.67. The maximum Gasteiger partial charge on any atom is 0.224 e. The highest BCUT2D eigenvalue weighted by Crippen LogP contribution is 2.17. The van der Waals surface area contributed by atoms with Crippen LogP contribution in [0.5, 0.6) is 0 Å². The average molecular weight is 313 g/mol. The third kappa shape index (κ3) is 3.24. The van der Waals surface area contributed by atoms with Crippen molar-refractivity contribution in [3.8, 4) is 0 Å². The number of carbonyl (C=O) groups excluding carboxylic acids is 1. The van der Waals surface area contributed by atoms with Crippen LogP contribution in [0.3, 0.4) is 0 Å². The molecule has 0 aliphatic carbocycles. The molecule has 0 unspecified atom stereocenters. The van der Waals surface area contributed by atoms with Gasteiger partial charge in [0, 0.05) is 6.20 Å². The number of hydrogen-bond acceptors (Lipinski definition) is 6. The average Bonchev–Trinajstić information content (AvgIpc) is 3.22. The number of hydrogen-bond donors (Lipinski definition) is 1. The van der Waals surface area contributed by atoms with Gasteiger partial charge in [-0.15, -0.1) is 22.7 Å². The maximum absolute atomic E-state index is 12.6. The molecule has 0 aliphatic rings. The third-order valence-electron chi connectivity index (χ3n) is 2.66. The Bertz CT molecular complexity index is 735. The molecule has 6 heteroatoms. The number of ketones is 1. The summed E-state index contributed by atoms with van der Waals surface area (Å²) in [7, 11) is 0. The predicted molar refractivity (Wildman–Crippen MR) is 87.4 cm³/mol. The van der Waals surface area contributed by atoms with E-state index in [2.05, 4.69) is 15.5 Å². The lowest BCUT2D eigenvalue weighted by Gasteiger charge is -2.03. The molecular weight excluding hydrogens is 302 g/mol. The van der Waals surface area contributed by atoms with Crippen LogP contribution in [0.4, 0.5) is 5.82 Å². The highest BCUT2D eigenvalue weighted by Gasteiger charge is 2.18. The van der Waals surface area contributed by atoms with Gasteiger partial charge in [0.1, 0.15) is 11.5 Å². The predicted octanol–water partition coefficient (Wildman–Crippen LogP) is 3.90. The largest absolute Gasteiger partial charge is 0.286 e. The van der Waals surface area contributed by atoms with E-state index in [0.29, 0.717) is 16.4 Å². The Morgan fingerprint density at radius 2 is 1.76 bits per heavy atom. The lowest BCUT2D eigenvalue weighted by molar-refractivity contribution is 0.107. The molecule has 3 aromatic heterocycles. The summed E-state index contributed by atoms with van der Waals surface area (Å²) in [5, 5.41) is 8.07. The van der Waals surface area contributed by atoms with Gasteiger partial charge in [0.05, 0.1) is 9.75 Å². The van der Waals surface area contributed by atoms with Gasteiger partial charge in [-0.3, -0.25) is 10.2 Å². The van der Waals surface area contributed by atoms with E-state index in [1.807, 2.05) is 41.1 Å². The Morgan fingerprint density at radius 1 is 1.00 bits per heavy atom. The van der Waals surface area contributed by atoms with Crippen molar-refractivity contribution in [3.05, 3.63) is 69.2 Å². The molecule has 21 heavy (non-hydrogen) atoms. The molecule has 1 N–H and O–H groups in total. The Kier molecular flexibility index (Phi) is 4.18. The zero-order valence-electron chi connectivity index (χ0n) is 10.9. The number of rotatable bonds is 5. The fourth-order valence-corrected chi connectivity index (χ4v) is 3.07. The van der Waals surface area contributed by atoms with E-state index in [9.17, 15) is 4.79 Å². The minimum Gasteiger partial charge on any atom is -0.286 e. The van der Waals surface area contributed by atoms with Gasteiger partial charge < -0.3 is 0 Å². The number of aromatic nitrogens is 1. The molecule has 104 valence electrons. The second-order valence-corrected chi connectivity index (χ2v) is 5.97. The van der Waals surface area contributed by atoms with Crippen LogP contribution in [0.2, 0.25) is 0 Å². The number of nitrogens with one attached hydrogen (secondary N) is 1. The monoisotopic (exact) mass is 313 g/mol. The van der Waals surface area contributed by atoms with E-state index in [1.54, 1.807) is 18.3 Å². The summed E-state index contributed by atoms with van der Waals surface area (Å²) in [5.41, 5.74) is 3.24. The van der Waals surface area contributed by atoms with Crippen molar-refractivity contribution in [2.75, 3.05) is 5.43 Å². The number of Topliss-reactive ketones (excluding diaryl/α,β-unsaturated/α-hetero) is 1. The Labute approximate surface area is 129 Å². The van der Waals surface area contributed by atoms with Crippen LogP contribution >= 0.6 is 22.7 Å². The van der Waals surface area contributed by atoms with Gasteiger partial charge in [-0.2, -0.15) is 5.10 Å². The van der Waals surface area contributed by atoms with Crippen LogP contribution in [-0.4, -0.2) is 16.5 Å². The van der Waals surface area contributed by atoms with Crippen molar-refractivity contribution < 1.29 is 4.79 Å². The normalized spacial score (nSPS) is 11.3. The quantitative estimate of drug-likeness (QED) is 0.441. The number of carbonyl (C=O) groups is 1. The highest BCUT2D eigenvalue weighted by molar-refractivity contribution is 7.15. The molecule has 0 saturated carbocycles. The Hall–Kier alpha value is -2.31. The molecule has 0 fully saturated rings. The molecule has 0 bridgehead atoms. The Balaban J connectivity index is 1.92. The van der Waals surface area contributed by atoms with Crippen LogP contribution in [-0.2, 0) is 0 Å². The van der Waals surface area contributed by atoms with Crippen LogP contribution in [0, 0.1) is 0 Å². The van der Waals surface area contributed by atoms with Gasteiger partial charge in [-0.1, -0.05) is 18.2 Å². The Morgan fingerprint density at radius 3 is 2.38 bits per heavy atom. The van der Waals surface area contributed by atoms with Crippen LogP contribution in [0.1, 0.15) is 14.5 Å². The summed E-state index contributed by atoms with van der Waals surface area (Å²) in [4.78, 5) is 18.2. The maximum atomic E-state index is 12.6. The van der Waals surface area contributed by atoms with E-state index in [1.165, 1.54) is 22.7 Å². The van der Waals surface area contributed by atoms with Crippen LogP contribution in [0.25, 0.3) is 0 Å². The zero-order chi connectivity index (χ0) is 14.5. The molecule has 0 spiro atoms. The lowest BCUT2D eigenvalue weighted by atomic mass is 10.2. The second kappa shape index (κ2) is 6.43. The first-order chi connectivity index (χ1) is 10.3. The van der Waals surface area contributed by atoms with Crippen LogP contribution in [0.15, 0.2) is 64.5 Å². The minimum atomic E-state index is -0.0871. The summed E-state index contributed by atoms with van der Waals surface area (Å²) in [5.74, 6) is 0.515. The van der Waals surface area contributed by atoms with E-state index in [0.717, 1.165) is 4.88 Å². The van der Waals surface area contributed by atoms with Gasteiger partial charge in [0.2, 0.25) is 5.78 Å². The number of anilines is 1. The van der Waals surface area contributed by atoms with Gasteiger partial charge in [-0.25, -0.2) is 4.98 Å². The number of pyridine rings is 1. The summed E-state index contributed by atoms with van der Waals surface area (Å²) in [6, 6.07) is 12.9. The second-order valence-electron chi connectivity index (χ2n) is 4.07. The molecule has 3 aromatic rings. The molecule has 0 aliphatic heterocycles. The smallest absolute Gasteiger partial charge is 0.224 e. The molecule has 0 atom stereocenters. The molecule has 0 aromatic carbocycles. The van der Waals surface area contributed by atoms with Gasteiger partial charge >= 0.3 is 0 Å². The summed E-state index contributed by atoms with van der Waals surface area (Å²) in [6.45, 7) is 0. The van der Waals surface area contributed by atoms with Crippen LogP contribution < -0.4 is 5.43 Å². The van der Waals surface area contributed by atoms with E-state index in [-0.39, 0.29) is 5.78 Å². The molecule has 0 saturated heterocycles. The van der Waals surface area contributed by atoms with Crippen molar-refractivity contribution in [1.82, 2.24) is 4.98 Å². The molecule has 0 amide bonds. The van der Waals surface area contributed by atoms with E-state index < -0.39 is 0 Å². The number of hydrazone groups is 1. The summed E-state index contributed by atoms with van der Waals surface area (Å²) < 4.78 is 0. The number of nitrogens with zero attached hydrogens (tertiary/aromatic N) is 2. The lowest BCUT2D eigenvalue weighted by Crippen LogP contribution is -2.15. The highest BCUT2D eigenvalue weighted by atomic mass is 32.1. The minimum absolute atomic E-state index is 0.0871. The standard InChI is InChI=1S/C15H11N3OS2/c19-15(12-6-4-10-21-12)14(11-5-3-9-20-11)18-17-13-7-1-2-8-16-13/h1-10H,(H,16,17)/b18-14+. The first kappa shape index (κ1) is 13.7. The molecule has 0 radical (unpaired) electrons. The van der Waals surface area contributed by atoms with Gasteiger partial charge in [0.15, 0.2) is 0 Å². The van der Waals surface area contributed by atoms with E-state index >= 15 is 0 Å². The van der Waals surface area contributed by atoms with E-state index in [4.69, 9.17) is 0 Å². The molecule has 4 nitrogen and oxygen atoms in total. The molecule has 3 rings (SSSR count). The third-order valence-corrected chi connectivity index (χ3v) is 4.41. The fraction of sp³-hybridized carbons (Fsp3) is 0. The van der Waals surface area contributed by atoms with Crippen molar-refractivity contribution in [3.63, 3.8) is 0 Å². The van der Waals surface area contributed by atoms with Gasteiger partial charge in [-0.05, 0) is 35.0 Å². The first-order valence-electron chi connectivity index (χ1n) is 6.21. The number of thiophene rings is 2. The molecule has 3 heterocycles. The first-order valence-corrected chi connectivity index (χ1v) is 7.97. The fourth-order valence-electron chi connectivity index (χ4n) is 1.70. The SMILES string of the molecule is O=C(/C(=N/Nc1ccccn1)c1cccs1)c1cccs1. The van der Waals surface area contributed by atoms with Crippen molar-refractivity contribution in [2.24, 2.45) is 5.10 Å². The van der Waals surface area contributed by atoms with Crippen molar-refractivity contribution >= 4 is 40.0 Å². The molecular formula is C15H11N3OS2. The van der Waals surface area contributed by atoms with Gasteiger partial charge in [0.25, 0.3) is 0 Å². The summed E-state index contributed by atoms with van der Waals surface area (Å²) >= 11 is 2.89. The van der Waals surface area contributed by atoms with Crippen molar-refractivity contribution in [1.29, 1.82) is 0 Å². The zero-order valence-corrected chi connectivity index (χ0v) is 12.5. The topological polar surface area (TPSA) is 54.4 Å². The van der Waals surface area contributed by atoms with Crippen molar-refractivity contribution in [2.45, 2.75) is 0 Å².